The summed E-state index contributed by atoms with van der Waals surface area (Å²) in [4.78, 5) is 27.3. The number of nitrogens with zero attached hydrogens (tertiary/aromatic N) is 9. The Hall–Kier alpha value is -4.13. The Morgan fingerprint density at radius 1 is 1.12 bits per heavy atom. The maximum atomic E-state index is 12.0. The lowest BCUT2D eigenvalue weighted by Crippen LogP contribution is -2.48. The molecule has 2 saturated heterocycles. The highest BCUT2D eigenvalue weighted by molar-refractivity contribution is 6.36. The van der Waals surface area contributed by atoms with Gasteiger partial charge in [-0.3, -0.25) is 9.69 Å². The number of anilines is 4. The zero-order valence-corrected chi connectivity index (χ0v) is 23.2. The molecule has 0 spiro atoms. The standard InChI is InChI=1S/C27H30ClN11O/c1-36-15-19(11-23(36)40)37(2)18-5-7-38(8-6-18)22-10-16(12-29)9-21(24(22)28)33-27-34-25(32-17-3-4-17)26-31-14-20(13-30)39(26)35-27/h9-10,14,17-19H,3-8,11,15H2,1-2H3,(H2,32,33,34,35). The molecule has 13 heteroatoms. The number of hydrogen-bond donors (Lipinski definition) is 2. The molecule has 0 bridgehead atoms. The van der Waals surface area contributed by atoms with Crippen molar-refractivity contribution in [2.24, 2.45) is 0 Å². The molecule has 1 aromatic carbocycles. The van der Waals surface area contributed by atoms with E-state index in [0.29, 0.717) is 51.9 Å². The van der Waals surface area contributed by atoms with Gasteiger partial charge in [-0.25, -0.2) is 4.98 Å². The number of nitrogens with one attached hydrogen (secondary N) is 2. The summed E-state index contributed by atoms with van der Waals surface area (Å²) in [6.07, 6.45) is 5.98. The average Bonchev–Trinajstić information content (AvgIpc) is 3.58. The number of halogens is 1. The molecule has 1 atom stereocenters. The molecule has 3 fully saturated rings. The van der Waals surface area contributed by atoms with Crippen molar-refractivity contribution in [2.75, 3.05) is 49.3 Å². The lowest BCUT2D eigenvalue weighted by atomic mass is 10.0. The van der Waals surface area contributed by atoms with E-state index in [-0.39, 0.29) is 17.9 Å². The summed E-state index contributed by atoms with van der Waals surface area (Å²) in [6, 6.07) is 8.78. The Morgan fingerprint density at radius 2 is 1.90 bits per heavy atom. The van der Waals surface area contributed by atoms with Crippen LogP contribution in [0, 0.1) is 22.7 Å². The lowest BCUT2D eigenvalue weighted by Gasteiger charge is -2.40. The maximum absolute atomic E-state index is 12.0. The van der Waals surface area contributed by atoms with Gasteiger partial charge in [0.15, 0.2) is 17.2 Å². The predicted octanol–water partition coefficient (Wildman–Crippen LogP) is 2.97. The first-order valence-electron chi connectivity index (χ1n) is 13.5. The number of benzene rings is 1. The number of hydrogen-bond acceptors (Lipinski definition) is 10. The molecule has 6 rings (SSSR count). The van der Waals surface area contributed by atoms with E-state index in [1.165, 1.54) is 10.7 Å². The van der Waals surface area contributed by atoms with Crippen molar-refractivity contribution in [3.63, 3.8) is 0 Å². The molecular weight excluding hydrogens is 530 g/mol. The highest BCUT2D eigenvalue weighted by Gasteiger charge is 2.34. The van der Waals surface area contributed by atoms with Crippen molar-refractivity contribution < 1.29 is 4.79 Å². The number of imidazole rings is 1. The molecule has 12 nitrogen and oxygen atoms in total. The summed E-state index contributed by atoms with van der Waals surface area (Å²) in [5.74, 6) is 0.977. The van der Waals surface area contributed by atoms with E-state index in [1.54, 1.807) is 11.0 Å². The summed E-state index contributed by atoms with van der Waals surface area (Å²) in [7, 11) is 3.98. The van der Waals surface area contributed by atoms with E-state index in [0.717, 1.165) is 51.0 Å². The Bertz CT molecular complexity index is 1540. The first kappa shape index (κ1) is 26.1. The van der Waals surface area contributed by atoms with Crippen molar-refractivity contribution in [1.82, 2.24) is 29.4 Å². The van der Waals surface area contributed by atoms with E-state index in [9.17, 15) is 15.3 Å². The van der Waals surface area contributed by atoms with Gasteiger partial charge in [0.1, 0.15) is 6.07 Å². The Balaban J connectivity index is 1.23. The van der Waals surface area contributed by atoms with Gasteiger partial charge >= 0.3 is 0 Å². The number of carbonyl (C=O) groups is 1. The predicted molar refractivity (Wildman–Crippen MR) is 151 cm³/mol. The van der Waals surface area contributed by atoms with Crippen LogP contribution in [0.1, 0.15) is 43.4 Å². The number of piperidine rings is 1. The molecule has 2 aromatic heterocycles. The molecule has 3 aliphatic rings. The summed E-state index contributed by atoms with van der Waals surface area (Å²) in [5, 5.41) is 30.8. The van der Waals surface area contributed by atoms with Crippen LogP contribution >= 0.6 is 11.6 Å². The third-order valence-electron chi connectivity index (χ3n) is 8.10. The normalized spacial score (nSPS) is 19.8. The third-order valence-corrected chi connectivity index (χ3v) is 8.50. The number of nitriles is 2. The Labute approximate surface area is 237 Å². The summed E-state index contributed by atoms with van der Waals surface area (Å²) in [5.41, 5.74) is 2.52. The van der Waals surface area contributed by atoms with Gasteiger partial charge in [-0.05, 0) is 44.9 Å². The van der Waals surface area contributed by atoms with Crippen LogP contribution in [0.15, 0.2) is 18.3 Å². The van der Waals surface area contributed by atoms with Gasteiger partial charge in [-0.2, -0.15) is 20.0 Å². The molecule has 2 N–H and O–H groups in total. The van der Waals surface area contributed by atoms with Crippen molar-refractivity contribution >= 4 is 46.3 Å². The van der Waals surface area contributed by atoms with Gasteiger partial charge in [0.25, 0.3) is 0 Å². The van der Waals surface area contributed by atoms with Gasteiger partial charge in [-0.1, -0.05) is 11.6 Å². The first-order chi connectivity index (χ1) is 19.3. The van der Waals surface area contributed by atoms with Gasteiger partial charge in [0, 0.05) is 51.2 Å². The van der Waals surface area contributed by atoms with Gasteiger partial charge in [0.2, 0.25) is 11.9 Å². The fraction of sp³-hybridized carbons (Fsp3) is 0.481. The van der Waals surface area contributed by atoms with Gasteiger partial charge in [0.05, 0.1) is 34.2 Å². The Morgan fingerprint density at radius 3 is 2.55 bits per heavy atom. The second-order valence-electron chi connectivity index (χ2n) is 10.8. The minimum Gasteiger partial charge on any atom is -0.370 e. The molecule has 1 saturated carbocycles. The van der Waals surface area contributed by atoms with Gasteiger partial charge < -0.3 is 20.4 Å². The number of rotatable bonds is 7. The molecule has 40 heavy (non-hydrogen) atoms. The first-order valence-corrected chi connectivity index (χ1v) is 13.9. The number of carbonyl (C=O) groups excluding carboxylic acids is 1. The van der Waals surface area contributed by atoms with Crippen molar-refractivity contribution in [2.45, 2.75) is 50.2 Å². The average molecular weight is 560 g/mol. The zero-order chi connectivity index (χ0) is 28.0. The smallest absolute Gasteiger partial charge is 0.247 e. The minimum atomic E-state index is 0.199. The van der Waals surface area contributed by atoms with Crippen molar-refractivity contribution in [3.05, 3.63) is 34.6 Å². The molecule has 1 aliphatic carbocycles. The largest absolute Gasteiger partial charge is 0.370 e. The quantitative estimate of drug-likeness (QED) is 0.443. The number of aromatic nitrogens is 4. The monoisotopic (exact) mass is 559 g/mol. The van der Waals surface area contributed by atoms with E-state index in [4.69, 9.17) is 11.6 Å². The van der Waals surface area contributed by atoms with Gasteiger partial charge in [-0.15, -0.1) is 5.10 Å². The zero-order valence-electron chi connectivity index (χ0n) is 22.4. The van der Waals surface area contributed by atoms with Crippen LogP contribution in [0.3, 0.4) is 0 Å². The molecule has 0 radical (unpaired) electrons. The van der Waals surface area contributed by atoms with Crippen LogP contribution in [0.5, 0.6) is 0 Å². The lowest BCUT2D eigenvalue weighted by molar-refractivity contribution is -0.126. The van der Waals surface area contributed by atoms with Crippen LogP contribution in [-0.4, -0.2) is 87.1 Å². The van der Waals surface area contributed by atoms with E-state index in [2.05, 4.69) is 54.7 Å². The SMILES string of the molecule is CN1CC(N(C)C2CCN(c3cc(C#N)cc(Nc4nc(NC5CC5)c5ncc(C#N)n5n4)c3Cl)CC2)CC1=O. The molecule has 3 aromatic rings. The minimum absolute atomic E-state index is 0.199. The second-order valence-corrected chi connectivity index (χ2v) is 11.2. The molecule has 1 unspecified atom stereocenters. The number of amides is 1. The summed E-state index contributed by atoms with van der Waals surface area (Å²) < 4.78 is 1.46. The number of likely N-dealkylation sites (tertiary alicyclic amines) is 1. The molecule has 4 heterocycles. The van der Waals surface area contributed by atoms with Crippen LogP contribution in [0.2, 0.25) is 5.02 Å². The van der Waals surface area contributed by atoms with Crippen LogP contribution in [0.25, 0.3) is 5.65 Å². The summed E-state index contributed by atoms with van der Waals surface area (Å²) in [6.45, 7) is 2.32. The summed E-state index contributed by atoms with van der Waals surface area (Å²) >= 11 is 6.94. The molecule has 206 valence electrons. The number of fused-ring (bicyclic) bond motifs is 1. The topological polar surface area (TPSA) is 142 Å². The van der Waals surface area contributed by atoms with Crippen molar-refractivity contribution in [1.29, 1.82) is 10.5 Å². The number of likely N-dealkylation sites (N-methyl/N-ethyl adjacent to an activating group) is 2. The fourth-order valence-corrected chi connectivity index (χ4v) is 5.84. The fourth-order valence-electron chi connectivity index (χ4n) is 5.57. The van der Waals surface area contributed by atoms with Crippen molar-refractivity contribution in [3.8, 4) is 12.1 Å². The molecule has 2 aliphatic heterocycles. The molecular formula is C27H30ClN11O. The third kappa shape index (κ3) is 4.96. The van der Waals surface area contributed by atoms with E-state index in [1.807, 2.05) is 13.1 Å². The highest BCUT2D eigenvalue weighted by Crippen LogP contribution is 2.38. The second kappa shape index (κ2) is 10.5. The van der Waals surface area contributed by atoms with E-state index >= 15 is 0 Å². The van der Waals surface area contributed by atoms with E-state index < -0.39 is 0 Å². The Kier molecular flexibility index (Phi) is 6.82. The maximum Gasteiger partial charge on any atom is 0.247 e. The van der Waals surface area contributed by atoms with Crippen LogP contribution in [0.4, 0.5) is 23.1 Å². The molecule has 1 amide bonds. The highest BCUT2D eigenvalue weighted by atomic mass is 35.5. The van der Waals surface area contributed by atoms with Crippen LogP contribution < -0.4 is 15.5 Å². The van der Waals surface area contributed by atoms with Crippen LogP contribution in [-0.2, 0) is 4.79 Å².